The van der Waals surface area contributed by atoms with E-state index in [-0.39, 0.29) is 28.6 Å². The number of carbonyl (C=O) groups excluding carboxylic acids is 3. The van der Waals surface area contributed by atoms with Gasteiger partial charge in [0, 0.05) is 24.2 Å². The van der Waals surface area contributed by atoms with Gasteiger partial charge in [0.1, 0.15) is 10.1 Å². The molecule has 10 nitrogen and oxygen atoms in total. The van der Waals surface area contributed by atoms with Crippen molar-refractivity contribution in [1.29, 1.82) is 0 Å². The molecule has 3 aliphatic heterocycles. The Labute approximate surface area is 198 Å². The van der Waals surface area contributed by atoms with Gasteiger partial charge in [0.15, 0.2) is 5.50 Å². The summed E-state index contributed by atoms with van der Waals surface area (Å²) < 4.78 is 39.1. The minimum Gasteiger partial charge on any atom is -0.384 e. The van der Waals surface area contributed by atoms with Crippen LogP contribution < -0.4 is 20.3 Å². The lowest BCUT2D eigenvalue weighted by molar-refractivity contribution is -0.117. The number of pyridine rings is 1. The van der Waals surface area contributed by atoms with Gasteiger partial charge in [0.2, 0.25) is 5.91 Å². The Balaban J connectivity index is 1.29. The van der Waals surface area contributed by atoms with Gasteiger partial charge < -0.3 is 10.6 Å². The van der Waals surface area contributed by atoms with E-state index in [0.29, 0.717) is 17.3 Å². The van der Waals surface area contributed by atoms with E-state index >= 15 is 0 Å². The molecule has 176 valence electrons. The number of nitrogens with one attached hydrogen (secondary N) is 3. The van der Waals surface area contributed by atoms with Gasteiger partial charge in [0.25, 0.3) is 15.9 Å². The van der Waals surface area contributed by atoms with Crippen LogP contribution in [0.3, 0.4) is 0 Å². The van der Waals surface area contributed by atoms with Crippen molar-refractivity contribution in [2.75, 3.05) is 22.1 Å². The van der Waals surface area contributed by atoms with Crippen LogP contribution in [-0.4, -0.2) is 43.3 Å². The van der Waals surface area contributed by atoms with Crippen molar-refractivity contribution in [1.82, 2.24) is 9.71 Å². The molecule has 0 saturated heterocycles. The zero-order valence-electron chi connectivity index (χ0n) is 17.5. The molecule has 5 rings (SSSR count). The van der Waals surface area contributed by atoms with Crippen LogP contribution in [-0.2, 0) is 27.7 Å². The second kappa shape index (κ2) is 8.40. The van der Waals surface area contributed by atoms with E-state index in [1.165, 1.54) is 24.4 Å². The number of alkyl halides is 1. The number of anilines is 3. The standard InChI is InChI=1S/C21H18FN5O5S2/c22-16-4-6-19(33-16)34(31,32)26-21(30)25-11-1-5-17(24-10-11)27-18(28)9-14-12-7-8-23-15(12)3-2-13(14)20(27)29/h1-3,5-6,10,16,23H,4,7-9H2,(H2,25,26,30). The van der Waals surface area contributed by atoms with Crippen molar-refractivity contribution in [3.8, 4) is 0 Å². The summed E-state index contributed by atoms with van der Waals surface area (Å²) in [6, 6.07) is 5.23. The molecule has 1 atom stereocenters. The van der Waals surface area contributed by atoms with Gasteiger partial charge >= 0.3 is 6.03 Å². The molecule has 0 bridgehead atoms. The van der Waals surface area contributed by atoms with Crippen LogP contribution in [0.5, 0.6) is 0 Å². The summed E-state index contributed by atoms with van der Waals surface area (Å²) in [6.07, 6.45) is 3.18. The Kier molecular flexibility index (Phi) is 5.52. The minimum atomic E-state index is -4.19. The van der Waals surface area contributed by atoms with E-state index in [9.17, 15) is 27.2 Å². The highest BCUT2D eigenvalue weighted by atomic mass is 32.3. The molecule has 3 N–H and O–H groups in total. The topological polar surface area (TPSA) is 138 Å². The lowest BCUT2D eigenvalue weighted by Gasteiger charge is -2.27. The summed E-state index contributed by atoms with van der Waals surface area (Å²) in [4.78, 5) is 43.1. The first kappa shape index (κ1) is 22.3. The fourth-order valence-electron chi connectivity index (χ4n) is 4.07. The van der Waals surface area contributed by atoms with E-state index in [1.54, 1.807) is 10.8 Å². The molecule has 13 heteroatoms. The molecule has 3 aliphatic rings. The number of nitrogens with zero attached hydrogens (tertiary/aromatic N) is 2. The average molecular weight is 504 g/mol. The molecule has 1 aromatic carbocycles. The number of halogens is 1. The lowest BCUT2D eigenvalue weighted by Crippen LogP contribution is -2.43. The fraction of sp³-hybridized carbons (Fsp3) is 0.238. The van der Waals surface area contributed by atoms with Gasteiger partial charge in [0.05, 0.1) is 18.3 Å². The third kappa shape index (κ3) is 4.01. The second-order valence-electron chi connectivity index (χ2n) is 7.76. The highest BCUT2D eigenvalue weighted by Crippen LogP contribution is 2.36. The van der Waals surface area contributed by atoms with E-state index in [0.717, 1.165) is 34.7 Å². The van der Waals surface area contributed by atoms with Gasteiger partial charge in [-0.25, -0.2) is 32.2 Å². The molecule has 0 radical (unpaired) electrons. The Morgan fingerprint density at radius 2 is 2.03 bits per heavy atom. The summed E-state index contributed by atoms with van der Waals surface area (Å²) in [5, 5.41) is 5.54. The molecular weight excluding hydrogens is 485 g/mol. The molecule has 0 spiro atoms. The number of carbonyl (C=O) groups is 3. The van der Waals surface area contributed by atoms with Gasteiger partial charge in [-0.05, 0) is 41.8 Å². The molecule has 1 unspecified atom stereocenters. The van der Waals surface area contributed by atoms with Gasteiger partial charge in [-0.15, -0.1) is 0 Å². The maximum atomic E-state index is 13.2. The van der Waals surface area contributed by atoms with Crippen LogP contribution in [0.2, 0.25) is 0 Å². The average Bonchev–Trinajstić information content (AvgIpc) is 3.44. The number of imide groups is 1. The van der Waals surface area contributed by atoms with E-state index in [2.05, 4.69) is 15.6 Å². The zero-order chi connectivity index (χ0) is 24.0. The van der Waals surface area contributed by atoms with Crippen molar-refractivity contribution in [2.45, 2.75) is 24.8 Å². The number of sulfonamides is 1. The number of hydrogen-bond acceptors (Lipinski definition) is 8. The molecule has 0 saturated carbocycles. The van der Waals surface area contributed by atoms with E-state index in [4.69, 9.17) is 0 Å². The highest BCUT2D eigenvalue weighted by Gasteiger charge is 2.35. The summed E-state index contributed by atoms with van der Waals surface area (Å²) in [5.74, 6) is -0.811. The third-order valence-corrected chi connectivity index (χ3v) is 8.52. The summed E-state index contributed by atoms with van der Waals surface area (Å²) in [7, 11) is -4.19. The maximum Gasteiger partial charge on any atom is 0.333 e. The molecule has 0 aliphatic carbocycles. The van der Waals surface area contributed by atoms with Crippen LogP contribution in [0.25, 0.3) is 0 Å². The Morgan fingerprint density at radius 3 is 2.74 bits per heavy atom. The van der Waals surface area contributed by atoms with Gasteiger partial charge in [-0.1, -0.05) is 17.8 Å². The first-order chi connectivity index (χ1) is 16.2. The molecule has 0 fully saturated rings. The van der Waals surface area contributed by atoms with Gasteiger partial charge in [-0.2, -0.15) is 0 Å². The number of fused-ring (bicyclic) bond motifs is 3. The van der Waals surface area contributed by atoms with Crippen molar-refractivity contribution in [3.05, 3.63) is 57.5 Å². The highest BCUT2D eigenvalue weighted by molar-refractivity contribution is 8.18. The smallest absolute Gasteiger partial charge is 0.333 e. The fourth-order valence-corrected chi connectivity index (χ4v) is 6.36. The van der Waals surface area contributed by atoms with Crippen LogP contribution in [0.15, 0.2) is 40.8 Å². The number of benzene rings is 1. The van der Waals surface area contributed by atoms with Crippen molar-refractivity contribution < 1.29 is 27.2 Å². The van der Waals surface area contributed by atoms with Crippen molar-refractivity contribution >= 4 is 56.8 Å². The predicted molar refractivity (Wildman–Crippen MR) is 125 cm³/mol. The minimum absolute atomic E-state index is 0.0499. The molecule has 34 heavy (non-hydrogen) atoms. The van der Waals surface area contributed by atoms with Gasteiger partial charge in [-0.3, -0.25) is 9.59 Å². The summed E-state index contributed by atoms with van der Waals surface area (Å²) >= 11 is 0.519. The molecule has 4 amide bonds. The Morgan fingerprint density at radius 1 is 1.21 bits per heavy atom. The second-order valence-corrected chi connectivity index (χ2v) is 10.9. The predicted octanol–water partition coefficient (Wildman–Crippen LogP) is 2.50. The number of amides is 4. The van der Waals surface area contributed by atoms with Crippen molar-refractivity contribution in [2.24, 2.45) is 0 Å². The Bertz CT molecular complexity index is 1360. The van der Waals surface area contributed by atoms with E-state index < -0.39 is 33.4 Å². The largest absolute Gasteiger partial charge is 0.384 e. The molecule has 2 aromatic rings. The third-order valence-electron chi connectivity index (χ3n) is 5.57. The Hall–Kier alpha value is -3.45. The first-order valence-corrected chi connectivity index (χ1v) is 12.7. The van der Waals surface area contributed by atoms with Crippen LogP contribution in [0.4, 0.5) is 26.4 Å². The van der Waals surface area contributed by atoms with E-state index in [1.807, 2.05) is 6.07 Å². The summed E-state index contributed by atoms with van der Waals surface area (Å²) in [5.41, 5.74) is 1.88. The monoisotopic (exact) mass is 503 g/mol. The molecule has 1 aromatic heterocycles. The number of allylic oxidation sites excluding steroid dienone is 1. The zero-order valence-corrected chi connectivity index (χ0v) is 19.1. The number of urea groups is 1. The number of thioether (sulfide) groups is 1. The van der Waals surface area contributed by atoms with Crippen LogP contribution in [0, 0.1) is 0 Å². The first-order valence-electron chi connectivity index (χ1n) is 10.3. The SMILES string of the molecule is O=C(Nc1ccc(N2C(=O)Cc3c(ccc4c3CCN4)C2=O)nc1)NS(=O)(=O)C1=CCC(F)S1. The lowest BCUT2D eigenvalue weighted by atomic mass is 9.92. The number of rotatable bonds is 4. The number of aromatic nitrogens is 1. The van der Waals surface area contributed by atoms with Crippen molar-refractivity contribution in [3.63, 3.8) is 0 Å². The summed E-state index contributed by atoms with van der Waals surface area (Å²) in [6.45, 7) is 0.760. The normalized spacial score (nSPS) is 19.3. The number of hydrogen-bond donors (Lipinski definition) is 3. The molecule has 4 heterocycles. The van der Waals surface area contributed by atoms with Crippen LogP contribution in [0.1, 0.15) is 27.9 Å². The quantitative estimate of drug-likeness (QED) is 0.541. The molecular formula is C21H18FN5O5S2. The maximum absolute atomic E-state index is 13.2. The van der Waals surface area contributed by atoms with Crippen LogP contribution >= 0.6 is 11.8 Å².